The molecule has 1 aromatic carbocycles. The van der Waals surface area contributed by atoms with Crippen LogP contribution < -0.4 is 4.74 Å². The Morgan fingerprint density at radius 1 is 1.13 bits per heavy atom. The first-order chi connectivity index (χ1) is 10.7. The summed E-state index contributed by atoms with van der Waals surface area (Å²) in [4.78, 5) is 0. The van der Waals surface area contributed by atoms with Crippen LogP contribution in [0.25, 0.3) is 0 Å². The Kier molecular flexibility index (Phi) is 6.95. The molecule has 2 fully saturated rings. The average Bonchev–Trinajstić information content (AvgIpc) is 2.50. The van der Waals surface area contributed by atoms with Crippen molar-refractivity contribution in [2.45, 2.75) is 59.8 Å². The molecule has 0 bridgehead atoms. The summed E-state index contributed by atoms with van der Waals surface area (Å²) in [6, 6.07) is 8.46. The van der Waals surface area contributed by atoms with E-state index in [9.17, 15) is 0 Å². The van der Waals surface area contributed by atoms with Gasteiger partial charge < -0.3 is 9.47 Å². The van der Waals surface area contributed by atoms with Gasteiger partial charge in [0.15, 0.2) is 6.79 Å². The molecule has 2 nitrogen and oxygen atoms in total. The van der Waals surface area contributed by atoms with E-state index in [0.29, 0.717) is 6.79 Å². The van der Waals surface area contributed by atoms with E-state index in [2.05, 4.69) is 38.1 Å². The summed E-state index contributed by atoms with van der Waals surface area (Å²) in [6.45, 7) is 5.76. The molecule has 0 heterocycles. The molecule has 0 aliphatic heterocycles. The number of ether oxygens (including phenoxy) is 2. The van der Waals surface area contributed by atoms with Gasteiger partial charge >= 0.3 is 0 Å². The molecule has 0 spiro atoms. The van der Waals surface area contributed by atoms with Crippen LogP contribution in [0.3, 0.4) is 0 Å². The lowest BCUT2D eigenvalue weighted by atomic mass is 9.52. The fraction of sp³-hybridized carbons (Fsp3) is 0.714. The molecule has 0 N–H and O–H groups in total. The molecule has 2 saturated carbocycles. The van der Waals surface area contributed by atoms with Gasteiger partial charge in [0, 0.05) is 0 Å². The van der Waals surface area contributed by atoms with Crippen LogP contribution >= 0.6 is 0 Å². The second kappa shape index (κ2) is 8.73. The molecule has 23 heavy (non-hydrogen) atoms. The zero-order valence-corrected chi connectivity index (χ0v) is 14.1. The smallest absolute Gasteiger partial charge is 0.189 e. The average molecular weight is 319 g/mol. The third-order valence-electron chi connectivity index (χ3n) is 5.56. The Labute approximate surface area is 142 Å². The summed E-state index contributed by atoms with van der Waals surface area (Å²) in [5.41, 5.74) is 1.39. The lowest BCUT2D eigenvalue weighted by Crippen LogP contribution is -2.44. The lowest BCUT2D eigenvalue weighted by molar-refractivity contribution is -0.0559. The molecule has 3 unspecified atom stereocenters. The highest BCUT2D eigenvalue weighted by Gasteiger charge is 2.46. The van der Waals surface area contributed by atoms with Crippen LogP contribution in [0.15, 0.2) is 24.3 Å². The monoisotopic (exact) mass is 318 g/mol. The van der Waals surface area contributed by atoms with Crippen molar-refractivity contribution in [2.75, 3.05) is 13.4 Å². The molecule has 0 aromatic heterocycles. The van der Waals surface area contributed by atoms with Gasteiger partial charge in [-0.25, -0.2) is 0 Å². The number of aryl methyl sites for hydroxylation is 1. The number of hydrogen-bond donors (Lipinski definition) is 0. The molecule has 2 aliphatic carbocycles. The molecule has 3 atom stereocenters. The Morgan fingerprint density at radius 3 is 2.48 bits per heavy atom. The van der Waals surface area contributed by atoms with Crippen LogP contribution in [-0.4, -0.2) is 13.4 Å². The van der Waals surface area contributed by atoms with Gasteiger partial charge in [-0.1, -0.05) is 33.4 Å². The summed E-state index contributed by atoms with van der Waals surface area (Å²) in [5, 5.41) is 0. The predicted molar refractivity (Wildman–Crippen MR) is 96.7 cm³/mol. The van der Waals surface area contributed by atoms with Gasteiger partial charge in [0.2, 0.25) is 0 Å². The molecule has 0 radical (unpaired) electrons. The van der Waals surface area contributed by atoms with Crippen molar-refractivity contribution in [3.8, 4) is 5.75 Å². The largest absolute Gasteiger partial charge is 0.468 e. The van der Waals surface area contributed by atoms with Crippen LogP contribution in [0.5, 0.6) is 5.75 Å². The van der Waals surface area contributed by atoms with E-state index in [-0.39, 0.29) is 7.43 Å². The highest BCUT2D eigenvalue weighted by molar-refractivity contribution is 5.27. The maximum Gasteiger partial charge on any atom is 0.189 e. The van der Waals surface area contributed by atoms with Crippen LogP contribution in [0.4, 0.5) is 0 Å². The van der Waals surface area contributed by atoms with E-state index in [4.69, 9.17) is 9.47 Å². The van der Waals surface area contributed by atoms with Crippen molar-refractivity contribution in [3.05, 3.63) is 29.8 Å². The Morgan fingerprint density at radius 2 is 1.91 bits per heavy atom. The second-order valence-electron chi connectivity index (χ2n) is 7.53. The van der Waals surface area contributed by atoms with Crippen LogP contribution in [-0.2, 0) is 11.2 Å². The van der Waals surface area contributed by atoms with E-state index in [1.54, 1.807) is 0 Å². The van der Waals surface area contributed by atoms with E-state index in [1.807, 2.05) is 0 Å². The minimum atomic E-state index is 0. The van der Waals surface area contributed by atoms with Crippen molar-refractivity contribution >= 4 is 0 Å². The molecular weight excluding hydrogens is 284 g/mol. The highest BCUT2D eigenvalue weighted by atomic mass is 16.7. The lowest BCUT2D eigenvalue weighted by Gasteiger charge is -2.53. The van der Waals surface area contributed by atoms with E-state index in [0.717, 1.165) is 42.4 Å². The van der Waals surface area contributed by atoms with Gasteiger partial charge in [0.25, 0.3) is 0 Å². The number of benzene rings is 1. The number of hydrogen-bond acceptors (Lipinski definition) is 2. The van der Waals surface area contributed by atoms with Gasteiger partial charge in [0.05, 0.1) is 6.61 Å². The second-order valence-corrected chi connectivity index (χ2v) is 7.53. The fourth-order valence-corrected chi connectivity index (χ4v) is 3.82. The molecule has 0 saturated heterocycles. The number of fused-ring (bicyclic) bond motifs is 1. The van der Waals surface area contributed by atoms with Crippen LogP contribution in [0.2, 0.25) is 0 Å². The fourth-order valence-electron chi connectivity index (χ4n) is 3.82. The standard InChI is InChI=1S/C20H30O2.CH4/c1-15(2)3-4-16-5-8-19(9-6-16)22-14-21-12-11-18-13-17-7-10-20(17)18;/h5-6,8-9,15,17-18,20H,3-4,7,10-14H2,1-2H3;1H4. The van der Waals surface area contributed by atoms with E-state index in [1.165, 1.54) is 37.7 Å². The topological polar surface area (TPSA) is 18.5 Å². The molecule has 2 aliphatic rings. The van der Waals surface area contributed by atoms with Crippen molar-refractivity contribution in [3.63, 3.8) is 0 Å². The third-order valence-corrected chi connectivity index (χ3v) is 5.56. The van der Waals surface area contributed by atoms with Crippen molar-refractivity contribution < 1.29 is 9.47 Å². The zero-order chi connectivity index (χ0) is 15.4. The molecule has 2 heteroatoms. The summed E-state index contributed by atoms with van der Waals surface area (Å²) < 4.78 is 11.3. The first-order valence-corrected chi connectivity index (χ1v) is 9.02. The van der Waals surface area contributed by atoms with E-state index >= 15 is 0 Å². The van der Waals surface area contributed by atoms with Crippen LogP contribution in [0.1, 0.15) is 58.9 Å². The Bertz CT molecular complexity index is 451. The summed E-state index contributed by atoms with van der Waals surface area (Å²) in [6.07, 6.45) is 8.02. The van der Waals surface area contributed by atoms with Gasteiger partial charge in [-0.2, -0.15) is 0 Å². The first kappa shape index (κ1) is 18.3. The molecule has 1 aromatic rings. The van der Waals surface area contributed by atoms with Crippen molar-refractivity contribution in [2.24, 2.45) is 23.7 Å². The maximum absolute atomic E-state index is 5.66. The minimum Gasteiger partial charge on any atom is -0.468 e. The van der Waals surface area contributed by atoms with Gasteiger partial charge in [-0.3, -0.25) is 0 Å². The molecule has 0 amide bonds. The summed E-state index contributed by atoms with van der Waals surface area (Å²) in [5.74, 6) is 4.74. The zero-order valence-electron chi connectivity index (χ0n) is 14.1. The number of rotatable bonds is 9. The van der Waals surface area contributed by atoms with Gasteiger partial charge in [-0.15, -0.1) is 0 Å². The SMILES string of the molecule is C.CC(C)CCc1ccc(OCOCCC2CC3CCC23)cc1. The molecular formula is C21H34O2. The van der Waals surface area contributed by atoms with Crippen molar-refractivity contribution in [1.82, 2.24) is 0 Å². The quantitative estimate of drug-likeness (QED) is 0.429. The summed E-state index contributed by atoms with van der Waals surface area (Å²) in [7, 11) is 0. The summed E-state index contributed by atoms with van der Waals surface area (Å²) >= 11 is 0. The maximum atomic E-state index is 5.66. The Balaban J connectivity index is 0.00000192. The molecule has 3 rings (SSSR count). The predicted octanol–water partition coefficient (Wildman–Crippen LogP) is 5.70. The van der Waals surface area contributed by atoms with Crippen LogP contribution in [0, 0.1) is 23.7 Å². The Hall–Kier alpha value is -1.02. The highest BCUT2D eigenvalue weighted by Crippen LogP contribution is 2.55. The molecule has 130 valence electrons. The minimum absolute atomic E-state index is 0. The normalized spacial score (nSPS) is 25.1. The van der Waals surface area contributed by atoms with E-state index < -0.39 is 0 Å². The third kappa shape index (κ3) is 4.97. The van der Waals surface area contributed by atoms with Crippen molar-refractivity contribution in [1.29, 1.82) is 0 Å². The van der Waals surface area contributed by atoms with Gasteiger partial charge in [0.1, 0.15) is 5.75 Å². The van der Waals surface area contributed by atoms with Gasteiger partial charge in [-0.05, 0) is 79.9 Å². The first-order valence-electron chi connectivity index (χ1n) is 9.02.